The maximum Gasteiger partial charge on any atom is 0.175 e. The van der Waals surface area contributed by atoms with Gasteiger partial charge in [-0.3, -0.25) is 0 Å². The molecule has 0 radical (unpaired) electrons. The zero-order valence-corrected chi connectivity index (χ0v) is 12.4. The molecule has 1 N–H and O–H groups in total. The van der Waals surface area contributed by atoms with E-state index in [0.29, 0.717) is 10.8 Å². The molecule has 18 heavy (non-hydrogen) atoms. The number of sulfone groups is 1. The fourth-order valence-corrected chi connectivity index (χ4v) is 2.62. The quantitative estimate of drug-likeness (QED) is 0.863. The van der Waals surface area contributed by atoms with Gasteiger partial charge >= 0.3 is 0 Å². The summed E-state index contributed by atoms with van der Waals surface area (Å²) >= 11 is 0. The molecule has 1 aromatic rings. The Morgan fingerprint density at radius 2 is 1.89 bits per heavy atom. The third-order valence-electron chi connectivity index (χ3n) is 3.07. The van der Waals surface area contributed by atoms with E-state index in [4.69, 9.17) is 0 Å². The van der Waals surface area contributed by atoms with Crippen molar-refractivity contribution in [2.24, 2.45) is 5.92 Å². The Labute approximate surface area is 111 Å². The van der Waals surface area contributed by atoms with E-state index in [2.05, 4.69) is 19.2 Å². The van der Waals surface area contributed by atoms with Gasteiger partial charge in [0.1, 0.15) is 0 Å². The predicted molar refractivity (Wildman–Crippen MR) is 75.4 cm³/mol. The van der Waals surface area contributed by atoms with Crippen LogP contribution in [0.4, 0.5) is 0 Å². The number of rotatable bonds is 6. The minimum Gasteiger partial charge on any atom is -0.313 e. The van der Waals surface area contributed by atoms with E-state index in [9.17, 15) is 8.42 Å². The predicted octanol–water partition coefficient (Wildman–Crippen LogP) is 2.79. The molecule has 1 atom stereocenters. The first-order valence-corrected chi connectivity index (χ1v) is 8.21. The summed E-state index contributed by atoms with van der Waals surface area (Å²) < 4.78 is 23.1. The van der Waals surface area contributed by atoms with Gasteiger partial charge in [0.2, 0.25) is 0 Å². The van der Waals surface area contributed by atoms with Crippen LogP contribution in [-0.4, -0.2) is 21.7 Å². The molecule has 0 amide bonds. The van der Waals surface area contributed by atoms with Crippen molar-refractivity contribution in [1.29, 1.82) is 0 Å². The Morgan fingerprint density at radius 1 is 1.22 bits per heavy atom. The summed E-state index contributed by atoms with van der Waals surface area (Å²) in [6, 6.07) is 7.43. The molecule has 1 aromatic carbocycles. The fraction of sp³-hybridized carbons (Fsp3) is 0.571. The molecule has 0 spiro atoms. The highest BCUT2D eigenvalue weighted by Crippen LogP contribution is 2.23. The molecule has 0 saturated heterocycles. The van der Waals surface area contributed by atoms with Gasteiger partial charge in [0.15, 0.2) is 9.84 Å². The first kappa shape index (κ1) is 15.2. The molecule has 0 aliphatic carbocycles. The number of hydrogen-bond donors (Lipinski definition) is 1. The summed E-state index contributed by atoms with van der Waals surface area (Å²) in [6.07, 6.45) is 3.38. The topological polar surface area (TPSA) is 46.2 Å². The van der Waals surface area contributed by atoms with E-state index in [-0.39, 0.29) is 6.04 Å². The van der Waals surface area contributed by atoms with Crippen molar-refractivity contribution in [3.8, 4) is 0 Å². The van der Waals surface area contributed by atoms with E-state index in [1.54, 1.807) is 12.1 Å². The minimum atomic E-state index is -3.13. The maximum absolute atomic E-state index is 11.5. The molecule has 0 aliphatic heterocycles. The smallest absolute Gasteiger partial charge is 0.175 e. The molecular formula is C14H23NO2S. The van der Waals surface area contributed by atoms with E-state index >= 15 is 0 Å². The monoisotopic (exact) mass is 269 g/mol. The molecule has 0 fully saturated rings. The van der Waals surface area contributed by atoms with Gasteiger partial charge in [0.25, 0.3) is 0 Å². The van der Waals surface area contributed by atoms with Gasteiger partial charge in [-0.05, 0) is 43.5 Å². The van der Waals surface area contributed by atoms with Gasteiger partial charge in [-0.1, -0.05) is 26.0 Å². The van der Waals surface area contributed by atoms with Crippen LogP contribution < -0.4 is 5.32 Å². The van der Waals surface area contributed by atoms with Crippen LogP contribution in [0.15, 0.2) is 29.2 Å². The van der Waals surface area contributed by atoms with Crippen molar-refractivity contribution >= 4 is 9.84 Å². The van der Waals surface area contributed by atoms with E-state index < -0.39 is 9.84 Å². The van der Waals surface area contributed by atoms with Crippen molar-refractivity contribution in [2.75, 3.05) is 13.3 Å². The molecule has 0 bridgehead atoms. The average Bonchev–Trinajstić information content (AvgIpc) is 2.29. The molecule has 0 aromatic heterocycles. The lowest BCUT2D eigenvalue weighted by molar-refractivity contribution is 0.464. The van der Waals surface area contributed by atoms with Crippen molar-refractivity contribution in [1.82, 2.24) is 5.32 Å². The van der Waals surface area contributed by atoms with Gasteiger partial charge in [-0.25, -0.2) is 8.42 Å². The number of benzene rings is 1. The highest BCUT2D eigenvalue weighted by molar-refractivity contribution is 7.90. The maximum atomic E-state index is 11.5. The SMILES string of the molecule is CNC(CCC(C)C)c1cccc(S(C)(=O)=O)c1. The Morgan fingerprint density at radius 3 is 2.39 bits per heavy atom. The largest absolute Gasteiger partial charge is 0.313 e. The first-order valence-electron chi connectivity index (χ1n) is 6.32. The Hall–Kier alpha value is -0.870. The summed E-state index contributed by atoms with van der Waals surface area (Å²) in [7, 11) is -1.21. The summed E-state index contributed by atoms with van der Waals surface area (Å²) in [5, 5.41) is 3.26. The second kappa shape index (κ2) is 6.34. The Bertz CT molecular complexity index is 480. The zero-order valence-electron chi connectivity index (χ0n) is 11.6. The standard InChI is InChI=1S/C14H23NO2S/c1-11(2)8-9-14(15-3)12-6-5-7-13(10-12)18(4,16)17/h5-7,10-11,14-15H,8-9H2,1-4H3. The first-order chi connectivity index (χ1) is 8.34. The molecule has 0 aliphatic rings. The zero-order chi connectivity index (χ0) is 13.8. The highest BCUT2D eigenvalue weighted by Gasteiger charge is 2.13. The molecule has 4 heteroatoms. The molecule has 0 heterocycles. The van der Waals surface area contributed by atoms with E-state index in [1.807, 2.05) is 19.2 Å². The van der Waals surface area contributed by atoms with Gasteiger partial charge in [-0.2, -0.15) is 0 Å². The van der Waals surface area contributed by atoms with Crippen molar-refractivity contribution in [3.05, 3.63) is 29.8 Å². The van der Waals surface area contributed by atoms with Crippen LogP contribution in [0.3, 0.4) is 0 Å². The second-order valence-electron chi connectivity index (χ2n) is 5.16. The Balaban J connectivity index is 2.93. The van der Waals surface area contributed by atoms with E-state index in [0.717, 1.165) is 18.4 Å². The minimum absolute atomic E-state index is 0.217. The molecule has 1 unspecified atom stereocenters. The van der Waals surface area contributed by atoms with Crippen LogP contribution in [0, 0.1) is 5.92 Å². The summed E-state index contributed by atoms with van der Waals surface area (Å²) in [4.78, 5) is 0.393. The third-order valence-corrected chi connectivity index (χ3v) is 4.18. The van der Waals surface area contributed by atoms with Crippen LogP contribution in [0.5, 0.6) is 0 Å². The molecule has 1 rings (SSSR count). The third kappa shape index (κ3) is 4.42. The lowest BCUT2D eigenvalue weighted by Crippen LogP contribution is -2.17. The summed E-state index contributed by atoms with van der Waals surface area (Å²) in [5.74, 6) is 0.652. The van der Waals surface area contributed by atoms with Crippen LogP contribution in [-0.2, 0) is 9.84 Å². The molecule has 0 saturated carbocycles. The summed E-state index contributed by atoms with van der Waals surface area (Å²) in [6.45, 7) is 4.39. The van der Waals surface area contributed by atoms with Crippen molar-refractivity contribution in [2.45, 2.75) is 37.6 Å². The van der Waals surface area contributed by atoms with Crippen LogP contribution in [0.1, 0.15) is 38.3 Å². The molecular weight excluding hydrogens is 246 g/mol. The summed E-state index contributed by atoms with van der Waals surface area (Å²) in [5.41, 5.74) is 1.04. The van der Waals surface area contributed by atoms with Gasteiger partial charge in [0, 0.05) is 12.3 Å². The average molecular weight is 269 g/mol. The van der Waals surface area contributed by atoms with Crippen LogP contribution >= 0.6 is 0 Å². The van der Waals surface area contributed by atoms with Crippen molar-refractivity contribution in [3.63, 3.8) is 0 Å². The lowest BCUT2D eigenvalue weighted by atomic mass is 9.98. The van der Waals surface area contributed by atoms with Gasteiger partial charge in [-0.15, -0.1) is 0 Å². The highest BCUT2D eigenvalue weighted by atomic mass is 32.2. The molecule has 102 valence electrons. The number of nitrogens with one attached hydrogen (secondary N) is 1. The van der Waals surface area contributed by atoms with Crippen LogP contribution in [0.2, 0.25) is 0 Å². The Kier molecular flexibility index (Phi) is 5.35. The second-order valence-corrected chi connectivity index (χ2v) is 7.17. The lowest BCUT2D eigenvalue weighted by Gasteiger charge is -2.18. The van der Waals surface area contributed by atoms with Gasteiger partial charge < -0.3 is 5.32 Å². The normalized spacial score (nSPS) is 13.8. The molecule has 3 nitrogen and oxygen atoms in total. The van der Waals surface area contributed by atoms with Crippen molar-refractivity contribution < 1.29 is 8.42 Å². The van der Waals surface area contributed by atoms with Gasteiger partial charge in [0.05, 0.1) is 4.90 Å². The fourth-order valence-electron chi connectivity index (χ4n) is 1.94. The number of hydrogen-bond acceptors (Lipinski definition) is 3. The van der Waals surface area contributed by atoms with Crippen LogP contribution in [0.25, 0.3) is 0 Å². The van der Waals surface area contributed by atoms with E-state index in [1.165, 1.54) is 6.26 Å².